The molecule has 0 unspecified atom stereocenters. The van der Waals surface area contributed by atoms with Crippen molar-refractivity contribution in [2.75, 3.05) is 32.4 Å². The minimum absolute atomic E-state index is 0.0278. The van der Waals surface area contributed by atoms with Gasteiger partial charge in [0.1, 0.15) is 6.54 Å². The van der Waals surface area contributed by atoms with Crippen LogP contribution in [-0.4, -0.2) is 51.7 Å². The second-order valence-corrected chi connectivity index (χ2v) is 8.96. The number of nitrogens with one attached hydrogen (secondary N) is 1. The maximum absolute atomic E-state index is 12.6. The highest BCUT2D eigenvalue weighted by atomic mass is 32.2. The summed E-state index contributed by atoms with van der Waals surface area (Å²) < 4.78 is 23.1. The second-order valence-electron chi connectivity index (χ2n) is 6.94. The lowest BCUT2D eigenvalue weighted by Crippen LogP contribution is -3.13. The number of aryl methyl sites for hydroxylation is 1. The van der Waals surface area contributed by atoms with E-state index in [1.54, 1.807) is 12.1 Å². The molecule has 6 heteroatoms. The molecule has 0 atom stereocenters. The molecule has 0 bridgehead atoms. The van der Waals surface area contributed by atoms with E-state index in [-0.39, 0.29) is 10.8 Å². The third-order valence-electron chi connectivity index (χ3n) is 4.99. The van der Waals surface area contributed by atoms with Crippen LogP contribution >= 0.6 is 0 Å². The normalized spacial score (nSPS) is 15.8. The van der Waals surface area contributed by atoms with Gasteiger partial charge < -0.3 is 9.80 Å². The van der Waals surface area contributed by atoms with Gasteiger partial charge in [-0.3, -0.25) is 4.79 Å². The molecule has 1 heterocycles. The van der Waals surface area contributed by atoms with Crippen molar-refractivity contribution in [3.8, 4) is 0 Å². The number of piperazine rings is 1. The summed E-state index contributed by atoms with van der Waals surface area (Å²) in [7, 11) is -3.24. The Hall–Kier alpha value is -2.18. The first-order chi connectivity index (χ1) is 12.3. The number of nitrogens with zero attached hydrogens (tertiary/aromatic N) is 1. The highest BCUT2D eigenvalue weighted by molar-refractivity contribution is 7.90. The number of benzene rings is 2. The average Bonchev–Trinajstić information content (AvgIpc) is 2.63. The monoisotopic (exact) mass is 373 g/mol. The summed E-state index contributed by atoms with van der Waals surface area (Å²) in [5, 5.41) is 0. The molecule has 2 aromatic rings. The SMILES string of the molecule is Cc1ccccc1C[NH+]1CCN(C(=O)c2ccc(S(C)(=O)=O)cc2)CC1. The number of hydrogen-bond donors (Lipinski definition) is 1. The molecule has 0 saturated carbocycles. The van der Waals surface area contributed by atoms with Gasteiger partial charge in [-0.15, -0.1) is 0 Å². The van der Waals surface area contributed by atoms with Gasteiger partial charge in [-0.2, -0.15) is 0 Å². The van der Waals surface area contributed by atoms with E-state index in [0.717, 1.165) is 19.6 Å². The molecule has 0 aromatic heterocycles. The topological polar surface area (TPSA) is 58.9 Å². The van der Waals surface area contributed by atoms with Crippen LogP contribution in [0.2, 0.25) is 0 Å². The Bertz CT molecular complexity index is 884. The van der Waals surface area contributed by atoms with E-state index in [9.17, 15) is 13.2 Å². The maximum atomic E-state index is 12.6. The fourth-order valence-electron chi connectivity index (χ4n) is 3.31. The molecule has 138 valence electrons. The van der Waals surface area contributed by atoms with Gasteiger partial charge in [-0.05, 0) is 36.8 Å². The molecule has 5 nitrogen and oxygen atoms in total. The van der Waals surface area contributed by atoms with Crippen LogP contribution in [0.15, 0.2) is 53.4 Å². The highest BCUT2D eigenvalue weighted by Gasteiger charge is 2.25. The Balaban J connectivity index is 1.59. The fraction of sp³-hybridized carbons (Fsp3) is 0.350. The standard InChI is InChI=1S/C20H24N2O3S/c1-16-5-3-4-6-18(16)15-21-11-13-22(14-12-21)20(23)17-7-9-19(10-8-17)26(2,24)25/h3-10H,11-15H2,1-2H3/p+1. The zero-order chi connectivity index (χ0) is 18.7. The van der Waals surface area contributed by atoms with Gasteiger partial charge in [0.2, 0.25) is 0 Å². The summed E-state index contributed by atoms with van der Waals surface area (Å²) in [6, 6.07) is 14.6. The lowest BCUT2D eigenvalue weighted by atomic mass is 10.1. The first-order valence-corrected chi connectivity index (χ1v) is 10.7. The number of quaternary nitrogens is 1. The Morgan fingerprint density at radius 3 is 2.23 bits per heavy atom. The Kier molecular flexibility index (Phi) is 5.44. The third kappa shape index (κ3) is 4.31. The number of hydrogen-bond acceptors (Lipinski definition) is 3. The van der Waals surface area contributed by atoms with Crippen LogP contribution in [0.5, 0.6) is 0 Å². The first-order valence-electron chi connectivity index (χ1n) is 8.82. The van der Waals surface area contributed by atoms with Crippen LogP contribution in [0.4, 0.5) is 0 Å². The quantitative estimate of drug-likeness (QED) is 0.868. The molecule has 1 saturated heterocycles. The van der Waals surface area contributed by atoms with Gasteiger partial charge in [-0.1, -0.05) is 24.3 Å². The number of rotatable bonds is 4. The van der Waals surface area contributed by atoms with E-state index in [1.165, 1.54) is 34.4 Å². The van der Waals surface area contributed by atoms with E-state index in [2.05, 4.69) is 31.2 Å². The average molecular weight is 373 g/mol. The maximum Gasteiger partial charge on any atom is 0.254 e. The molecule has 1 amide bonds. The molecule has 1 N–H and O–H groups in total. The van der Waals surface area contributed by atoms with Crippen LogP contribution < -0.4 is 4.90 Å². The second kappa shape index (κ2) is 7.60. The van der Waals surface area contributed by atoms with Gasteiger partial charge in [-0.25, -0.2) is 8.42 Å². The third-order valence-corrected chi connectivity index (χ3v) is 6.12. The van der Waals surface area contributed by atoms with E-state index < -0.39 is 9.84 Å². The van der Waals surface area contributed by atoms with Gasteiger partial charge in [0.25, 0.3) is 5.91 Å². The van der Waals surface area contributed by atoms with Gasteiger partial charge in [0.05, 0.1) is 31.1 Å². The van der Waals surface area contributed by atoms with Crippen molar-refractivity contribution in [2.24, 2.45) is 0 Å². The molecule has 2 aromatic carbocycles. The molecule has 0 radical (unpaired) electrons. The molecule has 3 rings (SSSR count). The van der Waals surface area contributed by atoms with E-state index in [0.29, 0.717) is 18.7 Å². The minimum Gasteiger partial charge on any atom is -0.328 e. The lowest BCUT2D eigenvalue weighted by Gasteiger charge is -2.32. The summed E-state index contributed by atoms with van der Waals surface area (Å²) in [5.41, 5.74) is 3.21. The predicted molar refractivity (Wildman–Crippen MR) is 101 cm³/mol. The molecule has 0 aliphatic carbocycles. The Labute approximate surface area is 155 Å². The van der Waals surface area contributed by atoms with E-state index in [4.69, 9.17) is 0 Å². The first kappa shape index (κ1) is 18.6. The zero-order valence-electron chi connectivity index (χ0n) is 15.2. The number of sulfone groups is 1. The van der Waals surface area contributed by atoms with Gasteiger partial charge in [0, 0.05) is 17.4 Å². The van der Waals surface area contributed by atoms with Gasteiger partial charge in [0.15, 0.2) is 9.84 Å². The summed E-state index contributed by atoms with van der Waals surface area (Å²) in [4.78, 5) is 16.2. The lowest BCUT2D eigenvalue weighted by molar-refractivity contribution is -0.917. The fourth-order valence-corrected chi connectivity index (χ4v) is 3.94. The summed E-state index contributed by atoms with van der Waals surface area (Å²) >= 11 is 0. The van der Waals surface area contributed by atoms with Crippen molar-refractivity contribution in [3.05, 3.63) is 65.2 Å². The van der Waals surface area contributed by atoms with Crippen molar-refractivity contribution >= 4 is 15.7 Å². The predicted octanol–water partition coefficient (Wildman–Crippen LogP) is 0.939. The number of carbonyl (C=O) groups excluding carboxylic acids is 1. The van der Waals surface area contributed by atoms with Crippen LogP contribution in [0.25, 0.3) is 0 Å². The van der Waals surface area contributed by atoms with Crippen LogP contribution in [0.3, 0.4) is 0 Å². The molecule has 26 heavy (non-hydrogen) atoms. The van der Waals surface area contributed by atoms with Gasteiger partial charge >= 0.3 is 0 Å². The molecule has 0 spiro atoms. The van der Waals surface area contributed by atoms with Crippen molar-refractivity contribution in [1.82, 2.24) is 4.90 Å². The largest absolute Gasteiger partial charge is 0.328 e. The molecular formula is C20H25N2O3S+. The van der Waals surface area contributed by atoms with E-state index in [1.807, 2.05) is 4.90 Å². The van der Waals surface area contributed by atoms with Crippen LogP contribution in [0.1, 0.15) is 21.5 Å². The molecular weight excluding hydrogens is 348 g/mol. The van der Waals surface area contributed by atoms with E-state index >= 15 is 0 Å². The zero-order valence-corrected chi connectivity index (χ0v) is 16.1. The van der Waals surface area contributed by atoms with Crippen molar-refractivity contribution in [3.63, 3.8) is 0 Å². The highest BCUT2D eigenvalue weighted by Crippen LogP contribution is 2.12. The summed E-state index contributed by atoms with van der Waals surface area (Å²) in [6.45, 7) is 6.39. The smallest absolute Gasteiger partial charge is 0.254 e. The molecule has 1 aliphatic rings. The summed E-state index contributed by atoms with van der Waals surface area (Å²) in [6.07, 6.45) is 1.17. The molecule has 1 aliphatic heterocycles. The molecule has 1 fully saturated rings. The number of carbonyl (C=O) groups is 1. The van der Waals surface area contributed by atoms with Crippen molar-refractivity contribution < 1.29 is 18.1 Å². The number of amides is 1. The minimum atomic E-state index is -3.24. The Morgan fingerprint density at radius 2 is 1.65 bits per heavy atom. The van der Waals surface area contributed by atoms with Crippen LogP contribution in [-0.2, 0) is 16.4 Å². The van der Waals surface area contributed by atoms with Crippen molar-refractivity contribution in [2.45, 2.75) is 18.4 Å². The summed E-state index contributed by atoms with van der Waals surface area (Å²) in [5.74, 6) is -0.0278. The van der Waals surface area contributed by atoms with Crippen LogP contribution in [0, 0.1) is 6.92 Å². The Morgan fingerprint density at radius 1 is 1.04 bits per heavy atom. The van der Waals surface area contributed by atoms with Crippen molar-refractivity contribution in [1.29, 1.82) is 0 Å².